The van der Waals surface area contributed by atoms with Gasteiger partial charge in [-0.05, 0) is 18.6 Å². The van der Waals surface area contributed by atoms with Gasteiger partial charge in [-0.2, -0.15) is 18.3 Å². The molecule has 0 aliphatic carbocycles. The quantitative estimate of drug-likeness (QED) is 0.281. The van der Waals surface area contributed by atoms with Crippen molar-refractivity contribution in [2.24, 2.45) is 7.05 Å². The molecule has 0 bridgehead atoms. The summed E-state index contributed by atoms with van der Waals surface area (Å²) in [4.78, 5) is 10.2. The summed E-state index contributed by atoms with van der Waals surface area (Å²) in [6.07, 6.45) is -3.92. The highest BCUT2D eigenvalue weighted by molar-refractivity contribution is 7.80. The van der Waals surface area contributed by atoms with Gasteiger partial charge in [-0.15, -0.1) is 0 Å². The van der Waals surface area contributed by atoms with Crippen molar-refractivity contribution in [3.05, 3.63) is 38.8 Å². The zero-order valence-electron chi connectivity index (χ0n) is 13.9. The highest BCUT2D eigenvalue weighted by Gasteiger charge is 2.39. The van der Waals surface area contributed by atoms with E-state index in [1.807, 2.05) is 0 Å². The van der Waals surface area contributed by atoms with Gasteiger partial charge in [-0.1, -0.05) is 18.5 Å². The Morgan fingerprint density at radius 2 is 2.07 bits per heavy atom. The molecule has 0 atom stereocenters. The Kier molecular flexibility index (Phi) is 6.05. The first kappa shape index (κ1) is 21.0. The maximum absolute atomic E-state index is 14.4. The van der Waals surface area contributed by atoms with E-state index in [2.05, 4.69) is 5.10 Å². The van der Waals surface area contributed by atoms with Crippen LogP contribution in [0.1, 0.15) is 25.5 Å². The van der Waals surface area contributed by atoms with Gasteiger partial charge in [0.05, 0.1) is 16.0 Å². The van der Waals surface area contributed by atoms with Crippen LogP contribution in [-0.4, -0.2) is 19.8 Å². The van der Waals surface area contributed by atoms with Crippen LogP contribution in [0.15, 0.2) is 12.1 Å². The summed E-state index contributed by atoms with van der Waals surface area (Å²) in [5, 5.41) is 13.9. The largest absolute Gasteiger partial charge is 0.443 e. The van der Waals surface area contributed by atoms with E-state index in [-0.39, 0.29) is 5.05 Å². The molecule has 27 heavy (non-hydrogen) atoms. The Hall–Kier alpha value is -2.27. The lowest BCUT2D eigenvalue weighted by Crippen LogP contribution is -2.12. The average molecular weight is 426 g/mol. The van der Waals surface area contributed by atoms with E-state index in [0.29, 0.717) is 23.6 Å². The predicted molar refractivity (Wildman–Crippen MR) is 93.4 cm³/mol. The number of nitro groups is 1. The number of hydrogen-bond donors (Lipinski definition) is 0. The first-order chi connectivity index (χ1) is 12.5. The summed E-state index contributed by atoms with van der Waals surface area (Å²) in [6, 6.07) is 1.39. The Morgan fingerprint density at radius 1 is 1.44 bits per heavy atom. The Labute approximate surface area is 160 Å². The van der Waals surface area contributed by atoms with Crippen LogP contribution in [0.2, 0.25) is 5.02 Å². The number of halogens is 5. The molecule has 0 fully saturated rings. The molecule has 12 heteroatoms. The van der Waals surface area contributed by atoms with E-state index in [1.54, 1.807) is 6.92 Å². The summed E-state index contributed by atoms with van der Waals surface area (Å²) in [5.74, 6) is -1.59. The number of ether oxygens (including phenoxy) is 1. The lowest BCUT2D eigenvalue weighted by molar-refractivity contribution is -0.385. The molecule has 1 heterocycles. The second-order valence-corrected chi connectivity index (χ2v) is 6.25. The fourth-order valence-electron chi connectivity index (χ4n) is 2.30. The van der Waals surface area contributed by atoms with Crippen LogP contribution < -0.4 is 4.74 Å². The van der Waals surface area contributed by atoms with Crippen molar-refractivity contribution in [2.45, 2.75) is 25.9 Å². The first-order valence-corrected chi connectivity index (χ1v) is 8.24. The summed E-state index contributed by atoms with van der Waals surface area (Å²) in [7, 11) is 0.995. The van der Waals surface area contributed by atoms with E-state index in [9.17, 15) is 27.7 Å². The van der Waals surface area contributed by atoms with E-state index in [1.165, 1.54) is 0 Å². The molecule has 0 saturated carbocycles. The van der Waals surface area contributed by atoms with Gasteiger partial charge in [0.1, 0.15) is 11.5 Å². The third-order valence-electron chi connectivity index (χ3n) is 3.44. The van der Waals surface area contributed by atoms with Crippen LogP contribution in [0.4, 0.5) is 23.2 Å². The van der Waals surface area contributed by atoms with Gasteiger partial charge in [0.25, 0.3) is 0 Å². The maximum atomic E-state index is 14.4. The monoisotopic (exact) mass is 425 g/mol. The molecule has 6 nitrogen and oxygen atoms in total. The fourth-order valence-corrected chi connectivity index (χ4v) is 2.97. The predicted octanol–water partition coefficient (Wildman–Crippen LogP) is 5.31. The molecule has 0 unspecified atom stereocenters. The van der Waals surface area contributed by atoms with Crippen LogP contribution in [0.5, 0.6) is 5.75 Å². The minimum atomic E-state index is -4.82. The Balaban J connectivity index is 2.65. The fraction of sp³-hybridized carbons (Fsp3) is 0.333. The molecule has 0 radical (unpaired) electrons. The molecule has 0 amide bonds. The third-order valence-corrected chi connectivity index (χ3v) is 4.08. The first-order valence-electron chi connectivity index (χ1n) is 7.46. The number of nitrogens with zero attached hydrogens (tertiary/aromatic N) is 3. The van der Waals surface area contributed by atoms with Crippen LogP contribution in [0.3, 0.4) is 0 Å². The number of aryl methyl sites for hydroxylation is 1. The average Bonchev–Trinajstić information content (AvgIpc) is 2.83. The van der Waals surface area contributed by atoms with Gasteiger partial charge in [0.2, 0.25) is 5.75 Å². The van der Waals surface area contributed by atoms with Crippen molar-refractivity contribution in [2.75, 3.05) is 0 Å². The molecule has 2 rings (SSSR count). The number of benzene rings is 1. The summed E-state index contributed by atoms with van der Waals surface area (Å²) in [5.41, 5.74) is -3.00. The highest BCUT2D eigenvalue weighted by atomic mass is 35.5. The minimum absolute atomic E-state index is 0.0151. The van der Waals surface area contributed by atoms with Crippen molar-refractivity contribution in [3.8, 4) is 17.0 Å². The van der Waals surface area contributed by atoms with E-state index in [4.69, 9.17) is 28.6 Å². The third kappa shape index (κ3) is 4.35. The van der Waals surface area contributed by atoms with Crippen LogP contribution in [0, 0.1) is 15.9 Å². The van der Waals surface area contributed by atoms with Crippen molar-refractivity contribution in [3.63, 3.8) is 0 Å². The van der Waals surface area contributed by atoms with Crippen molar-refractivity contribution in [1.82, 2.24) is 9.78 Å². The topological polar surface area (TPSA) is 70.2 Å². The summed E-state index contributed by atoms with van der Waals surface area (Å²) in [6.45, 7) is 1.80. The SMILES string of the molecule is CCCC(=S)Oc1cc(-c2nn(C)c(C(F)(F)F)c2Cl)c(F)cc1[N+](=O)[O-]. The number of alkyl halides is 3. The van der Waals surface area contributed by atoms with Gasteiger partial charge in [0.15, 0.2) is 10.7 Å². The molecule has 0 aliphatic rings. The highest BCUT2D eigenvalue weighted by Crippen LogP contribution is 2.42. The van der Waals surface area contributed by atoms with Gasteiger partial charge in [-0.25, -0.2) is 4.39 Å². The van der Waals surface area contributed by atoms with Gasteiger partial charge < -0.3 is 4.74 Å². The molecular weight excluding hydrogens is 414 g/mol. The standard InChI is InChI=1S/C15H12ClF4N3O3S/c1-3-4-11(27)26-10-5-7(8(17)6-9(10)23(24)25)13-12(16)14(15(18,19)20)22(2)21-13/h5-6H,3-4H2,1-2H3. The summed E-state index contributed by atoms with van der Waals surface area (Å²) >= 11 is 10.7. The lowest BCUT2D eigenvalue weighted by atomic mass is 10.1. The molecule has 146 valence electrons. The molecule has 2 aromatic rings. The lowest BCUT2D eigenvalue weighted by Gasteiger charge is -2.09. The van der Waals surface area contributed by atoms with Crippen LogP contribution in [0.25, 0.3) is 11.3 Å². The Morgan fingerprint density at radius 3 is 2.56 bits per heavy atom. The number of aromatic nitrogens is 2. The molecular formula is C15H12ClF4N3O3S. The zero-order valence-corrected chi connectivity index (χ0v) is 15.5. The minimum Gasteiger partial charge on any atom is -0.443 e. The van der Waals surface area contributed by atoms with Gasteiger partial charge in [-0.3, -0.25) is 14.8 Å². The normalized spacial score (nSPS) is 11.5. The smallest absolute Gasteiger partial charge is 0.434 e. The molecule has 0 saturated heterocycles. The zero-order chi connectivity index (χ0) is 20.5. The number of rotatable bonds is 5. The van der Waals surface area contributed by atoms with Crippen molar-refractivity contribution < 1.29 is 27.2 Å². The van der Waals surface area contributed by atoms with Crippen molar-refractivity contribution >= 4 is 34.6 Å². The Bertz CT molecular complexity index is 915. The maximum Gasteiger partial charge on any atom is 0.434 e. The molecule has 0 spiro atoms. The number of nitro benzene ring substituents is 1. The summed E-state index contributed by atoms with van der Waals surface area (Å²) < 4.78 is 59.3. The van der Waals surface area contributed by atoms with E-state index < -0.39 is 50.3 Å². The van der Waals surface area contributed by atoms with Gasteiger partial charge >= 0.3 is 11.9 Å². The van der Waals surface area contributed by atoms with Gasteiger partial charge in [0, 0.05) is 25.1 Å². The number of thiocarbonyl (C=S) groups is 1. The van der Waals surface area contributed by atoms with E-state index >= 15 is 0 Å². The van der Waals surface area contributed by atoms with E-state index in [0.717, 1.165) is 13.1 Å². The number of hydrogen-bond acceptors (Lipinski definition) is 5. The molecule has 0 N–H and O–H groups in total. The van der Waals surface area contributed by atoms with Crippen LogP contribution >= 0.6 is 23.8 Å². The van der Waals surface area contributed by atoms with Crippen molar-refractivity contribution in [1.29, 1.82) is 0 Å². The second kappa shape index (κ2) is 7.77. The second-order valence-electron chi connectivity index (χ2n) is 5.41. The molecule has 0 aliphatic heterocycles. The molecule has 1 aromatic carbocycles. The van der Waals surface area contributed by atoms with Crippen LogP contribution in [-0.2, 0) is 13.2 Å². The molecule has 1 aromatic heterocycles.